The summed E-state index contributed by atoms with van der Waals surface area (Å²) in [7, 11) is 1.80. The molecule has 3 heterocycles. The summed E-state index contributed by atoms with van der Waals surface area (Å²) in [6, 6.07) is 11.5. The zero-order valence-electron chi connectivity index (χ0n) is 13.9. The summed E-state index contributed by atoms with van der Waals surface area (Å²) in [4.78, 5) is 21.3. The van der Waals surface area contributed by atoms with E-state index in [2.05, 4.69) is 15.1 Å². The lowest BCUT2D eigenvalue weighted by Gasteiger charge is -2.07. The molecule has 124 valence electrons. The zero-order chi connectivity index (χ0) is 17.4. The van der Waals surface area contributed by atoms with Gasteiger partial charge >= 0.3 is 5.97 Å². The molecular weight excluding hydrogens is 316 g/mol. The van der Waals surface area contributed by atoms with Gasteiger partial charge in [-0.1, -0.05) is 18.2 Å². The fraction of sp³-hybridized carbons (Fsp3) is 0.158. The monoisotopic (exact) mass is 332 g/mol. The molecule has 0 atom stereocenters. The van der Waals surface area contributed by atoms with Crippen LogP contribution in [0.1, 0.15) is 21.6 Å². The molecule has 0 saturated heterocycles. The number of carbonyl (C=O) groups is 1. The molecule has 25 heavy (non-hydrogen) atoms. The lowest BCUT2D eigenvalue weighted by atomic mass is 10.1. The maximum absolute atomic E-state index is 12.5. The maximum atomic E-state index is 12.5. The Kier molecular flexibility index (Phi) is 3.65. The van der Waals surface area contributed by atoms with Gasteiger partial charge in [-0.2, -0.15) is 5.10 Å². The van der Waals surface area contributed by atoms with Crippen LogP contribution >= 0.6 is 0 Å². The van der Waals surface area contributed by atoms with Crippen molar-refractivity contribution < 1.29 is 9.53 Å². The van der Waals surface area contributed by atoms with Crippen LogP contribution in [0.3, 0.4) is 0 Å². The summed E-state index contributed by atoms with van der Waals surface area (Å²) >= 11 is 0. The smallest absolute Gasteiger partial charge is 0.339 e. The summed E-state index contributed by atoms with van der Waals surface area (Å²) < 4.78 is 7.14. The van der Waals surface area contributed by atoms with Crippen molar-refractivity contribution >= 4 is 27.9 Å². The number of nitrogens with zero attached hydrogens (tertiary/aromatic N) is 4. The number of pyridine rings is 2. The molecule has 0 fully saturated rings. The Hall–Kier alpha value is -3.28. The average molecular weight is 332 g/mol. The molecule has 0 aliphatic rings. The van der Waals surface area contributed by atoms with Crippen molar-refractivity contribution in [1.82, 2.24) is 19.7 Å². The first-order valence-corrected chi connectivity index (χ1v) is 7.92. The van der Waals surface area contributed by atoms with E-state index in [4.69, 9.17) is 4.74 Å². The Bertz CT molecular complexity index is 1100. The third-order valence-electron chi connectivity index (χ3n) is 4.07. The van der Waals surface area contributed by atoms with Gasteiger partial charge in [0.1, 0.15) is 6.61 Å². The predicted molar refractivity (Wildman–Crippen MR) is 94.1 cm³/mol. The minimum atomic E-state index is -0.392. The van der Waals surface area contributed by atoms with E-state index in [1.165, 1.54) is 0 Å². The fourth-order valence-corrected chi connectivity index (χ4v) is 2.83. The number of ether oxygens (including phenoxy) is 1. The number of rotatable bonds is 3. The summed E-state index contributed by atoms with van der Waals surface area (Å²) in [5.41, 5.74) is 3.65. The number of fused-ring (bicyclic) bond motifs is 2. The van der Waals surface area contributed by atoms with E-state index in [0.717, 1.165) is 22.2 Å². The minimum absolute atomic E-state index is 0.166. The molecule has 0 aliphatic carbocycles. The second kappa shape index (κ2) is 5.98. The normalized spacial score (nSPS) is 11.1. The third kappa shape index (κ3) is 2.82. The number of benzene rings is 1. The predicted octanol–water partition coefficient (Wildman–Crippen LogP) is 3.18. The van der Waals surface area contributed by atoms with Crippen LogP contribution in [0.15, 0.2) is 48.8 Å². The molecule has 0 aliphatic heterocycles. The number of para-hydroxylation sites is 1. The largest absolute Gasteiger partial charge is 0.457 e. The molecule has 0 amide bonds. The molecule has 3 aromatic heterocycles. The van der Waals surface area contributed by atoms with Crippen LogP contribution in [0.4, 0.5) is 0 Å². The molecule has 0 spiro atoms. The lowest BCUT2D eigenvalue weighted by Crippen LogP contribution is -2.07. The van der Waals surface area contributed by atoms with Crippen molar-refractivity contribution in [2.75, 3.05) is 0 Å². The van der Waals surface area contributed by atoms with Crippen molar-refractivity contribution in [2.45, 2.75) is 13.5 Å². The standard InChI is InChI=1S/C19H16N4O2/c1-12-7-15(16-10-21-23(2)18(16)22-12)19(24)25-11-13-8-14-5-3-4-6-17(14)20-9-13/h3-10H,11H2,1-2H3. The summed E-state index contributed by atoms with van der Waals surface area (Å²) in [6.07, 6.45) is 3.36. The van der Waals surface area contributed by atoms with Crippen LogP contribution in [0.25, 0.3) is 21.9 Å². The Morgan fingerprint density at radius 3 is 2.92 bits per heavy atom. The highest BCUT2D eigenvalue weighted by molar-refractivity contribution is 6.02. The van der Waals surface area contributed by atoms with Crippen molar-refractivity contribution in [3.63, 3.8) is 0 Å². The average Bonchev–Trinajstić information content (AvgIpc) is 2.99. The topological polar surface area (TPSA) is 69.9 Å². The molecule has 0 saturated carbocycles. The first-order chi connectivity index (χ1) is 12.1. The number of esters is 1. The first-order valence-electron chi connectivity index (χ1n) is 7.92. The molecule has 1 aromatic carbocycles. The van der Waals surface area contributed by atoms with Gasteiger partial charge in [0.05, 0.1) is 22.7 Å². The van der Waals surface area contributed by atoms with E-state index in [-0.39, 0.29) is 6.61 Å². The molecule has 0 unspecified atom stereocenters. The molecule has 6 heteroatoms. The van der Waals surface area contributed by atoms with E-state index < -0.39 is 5.97 Å². The van der Waals surface area contributed by atoms with Crippen LogP contribution in [0.2, 0.25) is 0 Å². The van der Waals surface area contributed by atoms with Gasteiger partial charge in [-0.3, -0.25) is 9.67 Å². The first kappa shape index (κ1) is 15.3. The van der Waals surface area contributed by atoms with E-state index in [1.807, 2.05) is 37.3 Å². The van der Waals surface area contributed by atoms with Gasteiger partial charge in [-0.05, 0) is 25.1 Å². The van der Waals surface area contributed by atoms with Gasteiger partial charge in [0.15, 0.2) is 5.65 Å². The van der Waals surface area contributed by atoms with E-state index in [0.29, 0.717) is 16.6 Å². The number of hydrogen-bond acceptors (Lipinski definition) is 5. The summed E-state index contributed by atoms with van der Waals surface area (Å²) in [5, 5.41) is 5.88. The molecule has 4 aromatic rings. The Labute approximate surface area is 144 Å². The molecule has 6 nitrogen and oxygen atoms in total. The van der Waals surface area contributed by atoms with Gasteiger partial charge in [0.2, 0.25) is 0 Å². The van der Waals surface area contributed by atoms with Crippen molar-refractivity contribution in [1.29, 1.82) is 0 Å². The SMILES string of the molecule is Cc1cc(C(=O)OCc2cnc3ccccc3c2)c2cnn(C)c2n1. The lowest BCUT2D eigenvalue weighted by molar-refractivity contribution is 0.0474. The highest BCUT2D eigenvalue weighted by Crippen LogP contribution is 2.19. The van der Waals surface area contributed by atoms with E-state index in [1.54, 1.807) is 30.2 Å². The van der Waals surface area contributed by atoms with Gasteiger partial charge in [0.25, 0.3) is 0 Å². The van der Waals surface area contributed by atoms with Gasteiger partial charge in [-0.15, -0.1) is 0 Å². The molecule has 0 radical (unpaired) electrons. The second-order valence-electron chi connectivity index (χ2n) is 5.93. The van der Waals surface area contributed by atoms with Gasteiger partial charge in [0, 0.05) is 29.9 Å². The third-order valence-corrected chi connectivity index (χ3v) is 4.07. The maximum Gasteiger partial charge on any atom is 0.339 e. The van der Waals surface area contributed by atoms with Gasteiger partial charge < -0.3 is 4.74 Å². The van der Waals surface area contributed by atoms with Crippen molar-refractivity contribution in [2.24, 2.45) is 7.05 Å². The zero-order valence-corrected chi connectivity index (χ0v) is 13.9. The van der Waals surface area contributed by atoms with Crippen LogP contribution in [0.5, 0.6) is 0 Å². The highest BCUT2D eigenvalue weighted by Gasteiger charge is 2.16. The van der Waals surface area contributed by atoms with E-state index >= 15 is 0 Å². The summed E-state index contributed by atoms with van der Waals surface area (Å²) in [6.45, 7) is 2.01. The number of aryl methyl sites for hydroxylation is 2. The summed E-state index contributed by atoms with van der Waals surface area (Å²) in [5.74, 6) is -0.392. The van der Waals surface area contributed by atoms with E-state index in [9.17, 15) is 4.79 Å². The molecular formula is C19H16N4O2. The highest BCUT2D eigenvalue weighted by atomic mass is 16.5. The molecule has 4 rings (SSSR count). The Balaban J connectivity index is 1.59. The molecule has 0 N–H and O–H groups in total. The second-order valence-corrected chi connectivity index (χ2v) is 5.93. The van der Waals surface area contributed by atoms with Crippen LogP contribution in [-0.4, -0.2) is 25.7 Å². The van der Waals surface area contributed by atoms with Crippen LogP contribution in [0, 0.1) is 6.92 Å². The number of aromatic nitrogens is 4. The fourth-order valence-electron chi connectivity index (χ4n) is 2.83. The van der Waals surface area contributed by atoms with Crippen LogP contribution in [-0.2, 0) is 18.4 Å². The van der Waals surface area contributed by atoms with Gasteiger partial charge in [-0.25, -0.2) is 9.78 Å². The Morgan fingerprint density at radius 1 is 1.20 bits per heavy atom. The van der Waals surface area contributed by atoms with Crippen molar-refractivity contribution in [3.05, 3.63) is 65.6 Å². The minimum Gasteiger partial charge on any atom is -0.457 e. The quantitative estimate of drug-likeness (QED) is 0.539. The van der Waals surface area contributed by atoms with Crippen LogP contribution < -0.4 is 0 Å². The molecule has 0 bridgehead atoms. The number of hydrogen-bond donors (Lipinski definition) is 0. The Morgan fingerprint density at radius 2 is 2.04 bits per heavy atom. The number of carbonyl (C=O) groups excluding carboxylic acids is 1. The van der Waals surface area contributed by atoms with Crippen molar-refractivity contribution in [3.8, 4) is 0 Å².